The van der Waals surface area contributed by atoms with Gasteiger partial charge in [0, 0.05) is 12.0 Å². The normalized spacial score (nSPS) is 23.4. The second kappa shape index (κ2) is 5.87. The summed E-state index contributed by atoms with van der Waals surface area (Å²) in [6, 6.07) is 4.24. The first-order chi connectivity index (χ1) is 10.8. The first kappa shape index (κ1) is 16.4. The highest BCUT2D eigenvalue weighted by Crippen LogP contribution is 2.41. The van der Waals surface area contributed by atoms with Crippen LogP contribution in [0.25, 0.3) is 0 Å². The molecule has 2 aliphatic heterocycles. The Balaban J connectivity index is 1.97. The van der Waals surface area contributed by atoms with Crippen molar-refractivity contribution in [2.75, 3.05) is 19.6 Å². The molecule has 2 N–H and O–H groups in total. The minimum atomic E-state index is -0.597. The summed E-state index contributed by atoms with van der Waals surface area (Å²) in [6.07, 6.45) is 1.97. The summed E-state index contributed by atoms with van der Waals surface area (Å²) in [5.74, 6) is -0.654. The van der Waals surface area contributed by atoms with E-state index in [0.29, 0.717) is 0 Å². The van der Waals surface area contributed by atoms with Crippen LogP contribution < -0.4 is 10.6 Å². The number of benzene rings is 1. The molecule has 0 amide bonds. The lowest BCUT2D eigenvalue weighted by Gasteiger charge is -2.45. The Kier molecular flexibility index (Phi) is 4.19. The Morgan fingerprint density at radius 3 is 2.65 bits per heavy atom. The highest BCUT2D eigenvalue weighted by molar-refractivity contribution is 5.79. The van der Waals surface area contributed by atoms with E-state index in [1.54, 1.807) is 0 Å². The van der Waals surface area contributed by atoms with Gasteiger partial charge in [0.05, 0.1) is 0 Å². The third kappa shape index (κ3) is 3.26. The molecule has 1 spiro atoms. The van der Waals surface area contributed by atoms with Gasteiger partial charge in [-0.25, -0.2) is 9.18 Å². The molecule has 1 aromatic carbocycles. The number of nitrogens with one attached hydrogen (secondary N) is 2. The minimum Gasteiger partial charge on any atom is -0.459 e. The van der Waals surface area contributed by atoms with Crippen LogP contribution in [0, 0.1) is 5.82 Å². The van der Waals surface area contributed by atoms with E-state index in [2.05, 4.69) is 10.6 Å². The Morgan fingerprint density at radius 1 is 1.30 bits per heavy atom. The van der Waals surface area contributed by atoms with Crippen LogP contribution in [0.1, 0.15) is 50.8 Å². The molecule has 4 nitrogen and oxygen atoms in total. The topological polar surface area (TPSA) is 50.4 Å². The number of piperidine rings is 1. The summed E-state index contributed by atoms with van der Waals surface area (Å²) in [5, 5.41) is 6.69. The lowest BCUT2D eigenvalue weighted by molar-refractivity contribution is -0.158. The number of rotatable bonds is 1. The van der Waals surface area contributed by atoms with E-state index in [0.717, 1.165) is 43.6 Å². The minimum absolute atomic E-state index is 0.0210. The van der Waals surface area contributed by atoms with E-state index in [4.69, 9.17) is 4.74 Å². The molecule has 3 rings (SSSR count). The van der Waals surface area contributed by atoms with Crippen LogP contribution in [0.3, 0.4) is 0 Å². The van der Waals surface area contributed by atoms with Crippen molar-refractivity contribution in [1.29, 1.82) is 0 Å². The van der Waals surface area contributed by atoms with Crippen molar-refractivity contribution in [3.05, 3.63) is 35.1 Å². The molecule has 1 aromatic rings. The molecule has 1 unspecified atom stereocenters. The second-order valence-corrected chi connectivity index (χ2v) is 7.61. The molecule has 1 fully saturated rings. The van der Waals surface area contributed by atoms with Crippen LogP contribution in [-0.2, 0) is 14.9 Å². The molecule has 2 heterocycles. The summed E-state index contributed by atoms with van der Waals surface area (Å²) in [4.78, 5) is 12.5. The number of carbonyl (C=O) groups is 1. The average molecular weight is 320 g/mol. The van der Waals surface area contributed by atoms with Gasteiger partial charge < -0.3 is 10.1 Å². The smallest absolute Gasteiger partial charge is 0.328 e. The molecule has 2 aliphatic rings. The zero-order valence-electron chi connectivity index (χ0n) is 14.0. The SMILES string of the molecule is CC(C)(C)OC(=O)C1NCC2(CCNCC2)c2ccc(F)cc21. The molecule has 0 saturated carbocycles. The van der Waals surface area contributed by atoms with Gasteiger partial charge in [-0.05, 0) is 70.0 Å². The summed E-state index contributed by atoms with van der Waals surface area (Å²) in [5.41, 5.74) is 1.24. The fraction of sp³-hybridized carbons (Fsp3) is 0.611. The maximum Gasteiger partial charge on any atom is 0.328 e. The largest absolute Gasteiger partial charge is 0.459 e. The third-order valence-electron chi connectivity index (χ3n) is 4.74. The van der Waals surface area contributed by atoms with Gasteiger partial charge in [0.1, 0.15) is 17.5 Å². The van der Waals surface area contributed by atoms with Crippen molar-refractivity contribution in [3.8, 4) is 0 Å². The van der Waals surface area contributed by atoms with Crippen LogP contribution in [-0.4, -0.2) is 31.2 Å². The number of hydrogen-bond donors (Lipinski definition) is 2. The van der Waals surface area contributed by atoms with Gasteiger partial charge in [-0.3, -0.25) is 5.32 Å². The first-order valence-corrected chi connectivity index (χ1v) is 8.28. The van der Waals surface area contributed by atoms with Gasteiger partial charge in [-0.15, -0.1) is 0 Å². The maximum absolute atomic E-state index is 13.8. The molecular weight excluding hydrogens is 295 g/mol. The van der Waals surface area contributed by atoms with E-state index in [9.17, 15) is 9.18 Å². The molecule has 0 bridgehead atoms. The number of hydrogen-bond acceptors (Lipinski definition) is 4. The maximum atomic E-state index is 13.8. The molecule has 126 valence electrons. The quantitative estimate of drug-likeness (QED) is 0.781. The number of ether oxygens (including phenoxy) is 1. The van der Waals surface area contributed by atoms with Crippen molar-refractivity contribution in [2.24, 2.45) is 0 Å². The van der Waals surface area contributed by atoms with E-state index in [1.807, 2.05) is 26.8 Å². The van der Waals surface area contributed by atoms with Crippen molar-refractivity contribution >= 4 is 5.97 Å². The second-order valence-electron chi connectivity index (χ2n) is 7.61. The van der Waals surface area contributed by atoms with Gasteiger partial charge >= 0.3 is 5.97 Å². The molecule has 5 heteroatoms. The van der Waals surface area contributed by atoms with Crippen LogP contribution in [0.15, 0.2) is 18.2 Å². The fourth-order valence-electron chi connectivity index (χ4n) is 3.68. The fourth-order valence-corrected chi connectivity index (χ4v) is 3.68. The molecule has 1 saturated heterocycles. The number of fused-ring (bicyclic) bond motifs is 2. The van der Waals surface area contributed by atoms with E-state index in [-0.39, 0.29) is 17.2 Å². The standard InChI is InChI=1S/C18H25FN2O2/c1-17(2,3)23-16(22)15-13-10-12(19)4-5-14(13)18(11-21-15)6-8-20-9-7-18/h4-5,10,15,20-21H,6-9,11H2,1-3H3. The predicted octanol–water partition coefficient (Wildman–Crippen LogP) is 2.43. The number of carbonyl (C=O) groups excluding carboxylic acids is 1. The summed E-state index contributed by atoms with van der Waals surface area (Å²) >= 11 is 0. The molecule has 1 atom stereocenters. The number of esters is 1. The summed E-state index contributed by atoms with van der Waals surface area (Å²) in [7, 11) is 0. The highest BCUT2D eigenvalue weighted by Gasteiger charge is 2.43. The zero-order valence-corrected chi connectivity index (χ0v) is 14.0. The molecule has 23 heavy (non-hydrogen) atoms. The first-order valence-electron chi connectivity index (χ1n) is 8.28. The van der Waals surface area contributed by atoms with Crippen molar-refractivity contribution in [2.45, 2.75) is 50.7 Å². The molecule has 0 aliphatic carbocycles. The molecule has 0 aromatic heterocycles. The van der Waals surface area contributed by atoms with Crippen LogP contribution in [0.4, 0.5) is 4.39 Å². The Hall–Kier alpha value is -1.46. The van der Waals surface area contributed by atoms with Crippen LogP contribution in [0.5, 0.6) is 0 Å². The highest BCUT2D eigenvalue weighted by atomic mass is 19.1. The predicted molar refractivity (Wildman–Crippen MR) is 86.8 cm³/mol. The van der Waals surface area contributed by atoms with E-state index in [1.165, 1.54) is 12.1 Å². The van der Waals surface area contributed by atoms with Crippen LogP contribution >= 0.6 is 0 Å². The van der Waals surface area contributed by atoms with Crippen LogP contribution in [0.2, 0.25) is 0 Å². The van der Waals surface area contributed by atoms with Crippen molar-refractivity contribution < 1.29 is 13.9 Å². The molecular formula is C18H25FN2O2. The zero-order chi connectivity index (χ0) is 16.7. The van der Waals surface area contributed by atoms with Gasteiger partial charge in [0.15, 0.2) is 0 Å². The Labute approximate surface area is 136 Å². The van der Waals surface area contributed by atoms with Gasteiger partial charge in [0.25, 0.3) is 0 Å². The third-order valence-corrected chi connectivity index (χ3v) is 4.74. The van der Waals surface area contributed by atoms with E-state index >= 15 is 0 Å². The number of halogens is 1. The van der Waals surface area contributed by atoms with Gasteiger partial charge in [-0.1, -0.05) is 6.07 Å². The van der Waals surface area contributed by atoms with Gasteiger partial charge in [0.2, 0.25) is 0 Å². The Bertz CT molecular complexity index is 604. The van der Waals surface area contributed by atoms with E-state index < -0.39 is 11.6 Å². The lowest BCUT2D eigenvalue weighted by Crippen LogP contribution is -2.52. The Morgan fingerprint density at radius 2 is 2.00 bits per heavy atom. The summed E-state index contributed by atoms with van der Waals surface area (Å²) in [6.45, 7) is 8.12. The average Bonchev–Trinajstić information content (AvgIpc) is 2.46. The monoisotopic (exact) mass is 320 g/mol. The molecule has 0 radical (unpaired) electrons. The van der Waals surface area contributed by atoms with Crippen molar-refractivity contribution in [1.82, 2.24) is 10.6 Å². The lowest BCUT2D eigenvalue weighted by atomic mass is 9.68. The van der Waals surface area contributed by atoms with Gasteiger partial charge in [-0.2, -0.15) is 0 Å². The van der Waals surface area contributed by atoms with Crippen molar-refractivity contribution in [3.63, 3.8) is 0 Å². The summed E-state index contributed by atoms with van der Waals surface area (Å²) < 4.78 is 19.3.